The van der Waals surface area contributed by atoms with Crippen LogP contribution in [0.25, 0.3) is 0 Å². The van der Waals surface area contributed by atoms with Gasteiger partial charge in [-0.1, -0.05) is 12.1 Å². The summed E-state index contributed by atoms with van der Waals surface area (Å²) in [6.45, 7) is 0.163. The Labute approximate surface area is 97.7 Å². The van der Waals surface area contributed by atoms with Crippen LogP contribution in [0, 0.1) is 5.92 Å². The highest BCUT2D eigenvalue weighted by Gasteiger charge is 2.34. The average molecular weight is 233 g/mol. The van der Waals surface area contributed by atoms with E-state index in [1.54, 1.807) is 24.3 Å². The van der Waals surface area contributed by atoms with Crippen molar-refractivity contribution in [1.29, 1.82) is 0 Å². The summed E-state index contributed by atoms with van der Waals surface area (Å²) in [7, 11) is 0. The summed E-state index contributed by atoms with van der Waals surface area (Å²) in [6.07, 6.45) is 0.708. The number of anilines is 1. The van der Waals surface area contributed by atoms with Crippen LogP contribution in [0.2, 0.25) is 0 Å². The first-order valence-corrected chi connectivity index (χ1v) is 5.20. The molecule has 1 N–H and O–H groups in total. The molecule has 1 unspecified atom stereocenters. The molecule has 1 aliphatic rings. The Bertz CT molecular complexity index is 483. The highest BCUT2D eigenvalue weighted by atomic mass is 16.4. The van der Waals surface area contributed by atoms with E-state index in [2.05, 4.69) is 0 Å². The molecule has 1 aliphatic heterocycles. The Balaban J connectivity index is 2.25. The maximum absolute atomic E-state index is 11.7. The van der Waals surface area contributed by atoms with E-state index in [1.807, 2.05) is 0 Å². The van der Waals surface area contributed by atoms with Crippen LogP contribution in [0.1, 0.15) is 16.8 Å². The minimum absolute atomic E-state index is 0.0145. The van der Waals surface area contributed by atoms with Gasteiger partial charge in [0.15, 0.2) is 0 Å². The zero-order chi connectivity index (χ0) is 12.4. The number of benzene rings is 1. The molecule has 88 valence electrons. The van der Waals surface area contributed by atoms with E-state index in [4.69, 9.17) is 5.11 Å². The van der Waals surface area contributed by atoms with Crippen LogP contribution in [-0.2, 0) is 9.59 Å². The third-order valence-electron chi connectivity index (χ3n) is 2.79. The number of hydrogen-bond donors (Lipinski definition) is 1. The molecule has 1 atom stereocenters. The molecule has 1 aromatic rings. The van der Waals surface area contributed by atoms with Gasteiger partial charge < -0.3 is 10.0 Å². The van der Waals surface area contributed by atoms with Crippen molar-refractivity contribution in [3.05, 3.63) is 29.8 Å². The Hall–Kier alpha value is -2.17. The molecule has 0 bridgehead atoms. The Morgan fingerprint density at radius 1 is 1.47 bits per heavy atom. The first kappa shape index (κ1) is 11.3. The Kier molecular flexibility index (Phi) is 2.91. The van der Waals surface area contributed by atoms with E-state index in [-0.39, 0.29) is 18.9 Å². The van der Waals surface area contributed by atoms with Gasteiger partial charge in [-0.15, -0.1) is 0 Å². The number of aliphatic carboxylic acids is 1. The molecule has 1 aromatic carbocycles. The number of carboxylic acids is 1. The first-order valence-electron chi connectivity index (χ1n) is 5.20. The van der Waals surface area contributed by atoms with E-state index in [0.29, 0.717) is 17.5 Å². The van der Waals surface area contributed by atoms with Gasteiger partial charge in [-0.25, -0.2) is 0 Å². The van der Waals surface area contributed by atoms with Crippen LogP contribution in [0.5, 0.6) is 0 Å². The molecular formula is C12H11NO4. The van der Waals surface area contributed by atoms with Crippen LogP contribution in [0.15, 0.2) is 24.3 Å². The molecule has 1 heterocycles. The molecule has 0 spiro atoms. The second kappa shape index (κ2) is 4.37. The van der Waals surface area contributed by atoms with Gasteiger partial charge in [0.25, 0.3) is 0 Å². The molecule has 0 aliphatic carbocycles. The molecule has 5 heteroatoms. The fourth-order valence-corrected chi connectivity index (χ4v) is 1.89. The Morgan fingerprint density at radius 2 is 2.24 bits per heavy atom. The number of hydrogen-bond acceptors (Lipinski definition) is 3. The largest absolute Gasteiger partial charge is 0.481 e. The Morgan fingerprint density at radius 3 is 2.82 bits per heavy atom. The fraction of sp³-hybridized carbons (Fsp3) is 0.250. The number of carbonyl (C=O) groups excluding carboxylic acids is 2. The van der Waals surface area contributed by atoms with Crippen molar-refractivity contribution in [2.24, 2.45) is 5.92 Å². The van der Waals surface area contributed by atoms with Crippen molar-refractivity contribution in [1.82, 2.24) is 0 Å². The second-order valence-corrected chi connectivity index (χ2v) is 3.96. The highest BCUT2D eigenvalue weighted by molar-refractivity contribution is 5.99. The SMILES string of the molecule is O=Cc1cccc(N2CC(C(=O)O)CC2=O)c1. The molecule has 2 rings (SSSR count). The molecule has 17 heavy (non-hydrogen) atoms. The summed E-state index contributed by atoms with van der Waals surface area (Å²) in [5.41, 5.74) is 1.04. The van der Waals surface area contributed by atoms with Gasteiger partial charge in [-0.2, -0.15) is 0 Å². The van der Waals surface area contributed by atoms with E-state index >= 15 is 0 Å². The van der Waals surface area contributed by atoms with Gasteiger partial charge in [-0.3, -0.25) is 14.4 Å². The zero-order valence-electron chi connectivity index (χ0n) is 9.00. The van der Waals surface area contributed by atoms with Gasteiger partial charge in [0.2, 0.25) is 5.91 Å². The number of nitrogens with zero attached hydrogens (tertiary/aromatic N) is 1. The van der Waals surface area contributed by atoms with Crippen molar-refractivity contribution < 1.29 is 19.5 Å². The minimum Gasteiger partial charge on any atom is -0.481 e. The fourth-order valence-electron chi connectivity index (χ4n) is 1.89. The summed E-state index contributed by atoms with van der Waals surface area (Å²) in [5.74, 6) is -1.85. The normalized spacial score (nSPS) is 19.4. The predicted octanol–water partition coefficient (Wildman–Crippen LogP) is 0.937. The standard InChI is InChI=1S/C12H11NO4/c14-7-8-2-1-3-10(4-8)13-6-9(12(16)17)5-11(13)15/h1-4,7,9H,5-6H2,(H,16,17). The summed E-state index contributed by atoms with van der Waals surface area (Å²) >= 11 is 0. The smallest absolute Gasteiger partial charge is 0.308 e. The molecule has 1 saturated heterocycles. The van der Waals surface area contributed by atoms with Crippen molar-refractivity contribution in [3.63, 3.8) is 0 Å². The monoisotopic (exact) mass is 233 g/mol. The summed E-state index contributed by atoms with van der Waals surface area (Å²) in [5, 5.41) is 8.86. The number of carboxylic acid groups (broad SMARTS) is 1. The number of aldehydes is 1. The van der Waals surface area contributed by atoms with Crippen LogP contribution >= 0.6 is 0 Å². The number of amides is 1. The maximum Gasteiger partial charge on any atom is 0.308 e. The quantitative estimate of drug-likeness (QED) is 0.788. The van der Waals surface area contributed by atoms with E-state index in [1.165, 1.54) is 4.90 Å². The molecule has 0 saturated carbocycles. The summed E-state index contributed by atoms with van der Waals surface area (Å²) in [4.78, 5) is 34.5. The zero-order valence-corrected chi connectivity index (χ0v) is 9.00. The average Bonchev–Trinajstić information content (AvgIpc) is 2.72. The van der Waals surface area contributed by atoms with Crippen LogP contribution in [0.3, 0.4) is 0 Å². The summed E-state index contributed by atoms with van der Waals surface area (Å²) < 4.78 is 0. The lowest BCUT2D eigenvalue weighted by molar-refractivity contribution is -0.141. The van der Waals surface area contributed by atoms with Gasteiger partial charge >= 0.3 is 5.97 Å². The molecular weight excluding hydrogens is 222 g/mol. The lowest BCUT2D eigenvalue weighted by Gasteiger charge is -2.16. The molecule has 1 amide bonds. The second-order valence-electron chi connectivity index (χ2n) is 3.96. The third-order valence-corrected chi connectivity index (χ3v) is 2.79. The predicted molar refractivity (Wildman–Crippen MR) is 59.9 cm³/mol. The number of rotatable bonds is 3. The first-order chi connectivity index (χ1) is 8.11. The van der Waals surface area contributed by atoms with E-state index < -0.39 is 11.9 Å². The highest BCUT2D eigenvalue weighted by Crippen LogP contribution is 2.25. The van der Waals surface area contributed by atoms with E-state index in [9.17, 15) is 14.4 Å². The molecule has 0 radical (unpaired) electrons. The van der Waals surface area contributed by atoms with Gasteiger partial charge in [0.05, 0.1) is 5.92 Å². The lowest BCUT2D eigenvalue weighted by Crippen LogP contribution is -2.25. The van der Waals surface area contributed by atoms with E-state index in [0.717, 1.165) is 0 Å². The molecule has 5 nitrogen and oxygen atoms in total. The van der Waals surface area contributed by atoms with Crippen molar-refractivity contribution in [2.45, 2.75) is 6.42 Å². The topological polar surface area (TPSA) is 74.7 Å². The van der Waals surface area contributed by atoms with Gasteiger partial charge in [-0.05, 0) is 12.1 Å². The van der Waals surface area contributed by atoms with Crippen molar-refractivity contribution in [2.75, 3.05) is 11.4 Å². The van der Waals surface area contributed by atoms with Crippen LogP contribution in [-0.4, -0.2) is 29.8 Å². The minimum atomic E-state index is -0.965. The lowest BCUT2D eigenvalue weighted by atomic mass is 10.1. The summed E-state index contributed by atoms with van der Waals surface area (Å²) in [6, 6.07) is 6.57. The maximum atomic E-state index is 11.7. The van der Waals surface area contributed by atoms with Crippen LogP contribution in [0.4, 0.5) is 5.69 Å². The van der Waals surface area contributed by atoms with Gasteiger partial charge in [0.1, 0.15) is 6.29 Å². The molecule has 0 aromatic heterocycles. The van der Waals surface area contributed by atoms with Gasteiger partial charge in [0, 0.05) is 24.2 Å². The van der Waals surface area contributed by atoms with Crippen molar-refractivity contribution in [3.8, 4) is 0 Å². The molecule has 1 fully saturated rings. The van der Waals surface area contributed by atoms with Crippen molar-refractivity contribution >= 4 is 23.9 Å². The van der Waals surface area contributed by atoms with Crippen LogP contribution < -0.4 is 4.90 Å². The third kappa shape index (κ3) is 2.18. The number of carbonyl (C=O) groups is 3.